The van der Waals surface area contributed by atoms with E-state index in [4.69, 9.17) is 14.5 Å². The normalized spacial score (nSPS) is 16.0. The zero-order chi connectivity index (χ0) is 22.2. The molecule has 0 spiro atoms. The van der Waals surface area contributed by atoms with Crippen LogP contribution in [0, 0.1) is 0 Å². The maximum Gasteiger partial charge on any atom is 0.263 e. The van der Waals surface area contributed by atoms with Crippen molar-refractivity contribution < 1.29 is 14.3 Å². The second-order valence-corrected chi connectivity index (χ2v) is 10.0. The van der Waals surface area contributed by atoms with Crippen LogP contribution in [0.5, 0.6) is 11.5 Å². The number of amides is 1. The molecule has 1 aromatic carbocycles. The van der Waals surface area contributed by atoms with Crippen molar-refractivity contribution in [2.75, 3.05) is 18.5 Å². The summed E-state index contributed by atoms with van der Waals surface area (Å²) in [4.78, 5) is 31.6. The Morgan fingerprint density at radius 2 is 2.16 bits per heavy atom. The third-order valence-electron chi connectivity index (χ3n) is 5.48. The van der Waals surface area contributed by atoms with Crippen molar-refractivity contribution in [3.63, 3.8) is 0 Å². The Labute approximate surface area is 193 Å². The Kier molecular flexibility index (Phi) is 5.69. The van der Waals surface area contributed by atoms with Crippen molar-refractivity contribution in [2.45, 2.75) is 42.6 Å². The van der Waals surface area contributed by atoms with E-state index in [1.54, 1.807) is 35.8 Å². The van der Waals surface area contributed by atoms with Gasteiger partial charge < -0.3 is 14.8 Å². The molecule has 5 rings (SSSR count). The fourth-order valence-corrected chi connectivity index (χ4v) is 5.66. The molecule has 3 heterocycles. The molecule has 166 valence electrons. The summed E-state index contributed by atoms with van der Waals surface area (Å²) in [6, 6.07) is 5.33. The first-order chi connectivity index (χ1) is 15.5. The maximum absolute atomic E-state index is 13.3. The number of rotatable bonds is 7. The number of benzene rings is 1. The van der Waals surface area contributed by atoms with Gasteiger partial charge in [-0.3, -0.25) is 14.2 Å². The molecular weight excluding hydrogens is 446 g/mol. The number of thioether (sulfide) groups is 1. The van der Waals surface area contributed by atoms with Gasteiger partial charge >= 0.3 is 0 Å². The minimum atomic E-state index is -0.466. The highest BCUT2D eigenvalue weighted by molar-refractivity contribution is 8.00. The molecule has 2 aliphatic rings. The summed E-state index contributed by atoms with van der Waals surface area (Å²) in [5.74, 6) is 1.58. The van der Waals surface area contributed by atoms with Crippen LogP contribution in [0.1, 0.15) is 31.2 Å². The summed E-state index contributed by atoms with van der Waals surface area (Å²) < 4.78 is 12.7. The van der Waals surface area contributed by atoms with E-state index in [0.717, 1.165) is 28.6 Å². The molecule has 7 nitrogen and oxygen atoms in total. The average molecular weight is 470 g/mol. The number of anilines is 1. The Hall–Kier alpha value is -2.78. The SMILES string of the molecule is C=CCn1c(S[C@@H](C)C(=O)Nc2ccc3c(c2)OCCO3)nc2scc(C3CC3)c2c1=O. The maximum atomic E-state index is 13.3. The molecule has 1 saturated carbocycles. The number of carbonyl (C=O) groups excluding carboxylic acids is 1. The van der Waals surface area contributed by atoms with E-state index in [2.05, 4.69) is 17.3 Å². The van der Waals surface area contributed by atoms with E-state index >= 15 is 0 Å². The molecule has 9 heteroatoms. The van der Waals surface area contributed by atoms with E-state index in [-0.39, 0.29) is 11.5 Å². The van der Waals surface area contributed by atoms with Gasteiger partial charge in [0.2, 0.25) is 5.91 Å². The van der Waals surface area contributed by atoms with E-state index < -0.39 is 5.25 Å². The predicted molar refractivity (Wildman–Crippen MR) is 127 cm³/mol. The number of aromatic nitrogens is 2. The van der Waals surface area contributed by atoms with E-state index in [1.165, 1.54) is 23.1 Å². The summed E-state index contributed by atoms with van der Waals surface area (Å²) in [7, 11) is 0. The summed E-state index contributed by atoms with van der Waals surface area (Å²) in [6.45, 7) is 6.93. The van der Waals surface area contributed by atoms with Crippen LogP contribution in [0.25, 0.3) is 10.2 Å². The van der Waals surface area contributed by atoms with Crippen LogP contribution in [0.15, 0.2) is 46.2 Å². The van der Waals surface area contributed by atoms with Crippen LogP contribution in [0.2, 0.25) is 0 Å². The molecule has 1 atom stereocenters. The van der Waals surface area contributed by atoms with Gasteiger partial charge in [-0.1, -0.05) is 17.8 Å². The number of fused-ring (bicyclic) bond motifs is 2. The topological polar surface area (TPSA) is 82.5 Å². The number of thiophene rings is 1. The van der Waals surface area contributed by atoms with Gasteiger partial charge in [-0.05, 0) is 48.8 Å². The Morgan fingerprint density at radius 1 is 1.38 bits per heavy atom. The molecule has 32 heavy (non-hydrogen) atoms. The number of hydrogen-bond donors (Lipinski definition) is 1. The number of nitrogens with one attached hydrogen (secondary N) is 1. The van der Waals surface area contributed by atoms with Crippen molar-refractivity contribution in [1.29, 1.82) is 0 Å². The van der Waals surface area contributed by atoms with Crippen LogP contribution in [0.4, 0.5) is 5.69 Å². The molecular formula is C23H23N3O4S2. The number of ether oxygens (including phenoxy) is 2. The van der Waals surface area contributed by atoms with Crippen molar-refractivity contribution in [1.82, 2.24) is 9.55 Å². The highest BCUT2D eigenvalue weighted by Gasteiger charge is 2.29. The second-order valence-electron chi connectivity index (χ2n) is 7.85. The molecule has 0 bridgehead atoms. The first-order valence-corrected chi connectivity index (χ1v) is 12.3. The molecule has 3 aromatic rings. The molecule has 1 N–H and O–H groups in total. The Bertz CT molecular complexity index is 1260. The lowest BCUT2D eigenvalue weighted by molar-refractivity contribution is -0.115. The number of nitrogens with zero attached hydrogens (tertiary/aromatic N) is 2. The van der Waals surface area contributed by atoms with E-state index in [1.807, 2.05) is 0 Å². The lowest BCUT2D eigenvalue weighted by atomic mass is 10.1. The average Bonchev–Trinajstić information content (AvgIpc) is 3.55. The van der Waals surface area contributed by atoms with Crippen LogP contribution in [-0.2, 0) is 11.3 Å². The summed E-state index contributed by atoms with van der Waals surface area (Å²) in [6.07, 6.45) is 3.93. The summed E-state index contributed by atoms with van der Waals surface area (Å²) >= 11 is 2.77. The number of allylic oxidation sites excluding steroid dienone is 1. The van der Waals surface area contributed by atoms with Crippen LogP contribution < -0.4 is 20.3 Å². The fourth-order valence-electron chi connectivity index (χ4n) is 3.68. The lowest BCUT2D eigenvalue weighted by Gasteiger charge is -2.19. The van der Waals surface area contributed by atoms with Crippen molar-refractivity contribution in [2.24, 2.45) is 0 Å². The number of carbonyl (C=O) groups is 1. The highest BCUT2D eigenvalue weighted by Crippen LogP contribution is 2.44. The fraction of sp³-hybridized carbons (Fsp3) is 0.348. The summed E-state index contributed by atoms with van der Waals surface area (Å²) in [5.41, 5.74) is 1.69. The second kappa shape index (κ2) is 8.63. The van der Waals surface area contributed by atoms with E-state index in [0.29, 0.717) is 48.0 Å². The van der Waals surface area contributed by atoms with Gasteiger partial charge in [0, 0.05) is 18.3 Å². The van der Waals surface area contributed by atoms with Gasteiger partial charge in [-0.15, -0.1) is 17.9 Å². The predicted octanol–water partition coefficient (Wildman–Crippen LogP) is 4.41. The molecule has 2 aromatic heterocycles. The molecule has 1 aliphatic heterocycles. The molecule has 1 aliphatic carbocycles. The molecule has 1 amide bonds. The van der Waals surface area contributed by atoms with Crippen molar-refractivity contribution in [3.8, 4) is 11.5 Å². The van der Waals surface area contributed by atoms with Gasteiger partial charge in [-0.2, -0.15) is 0 Å². The van der Waals surface area contributed by atoms with Crippen molar-refractivity contribution in [3.05, 3.63) is 52.2 Å². The Balaban J connectivity index is 1.38. The quantitative estimate of drug-likeness (QED) is 0.314. The third-order valence-corrected chi connectivity index (χ3v) is 7.46. The van der Waals surface area contributed by atoms with Crippen molar-refractivity contribution >= 4 is 44.9 Å². The molecule has 0 saturated heterocycles. The Morgan fingerprint density at radius 3 is 2.91 bits per heavy atom. The van der Waals surface area contributed by atoms with Crippen LogP contribution in [-0.4, -0.2) is 33.9 Å². The first kappa shape index (κ1) is 21.1. The van der Waals surface area contributed by atoms with Gasteiger partial charge in [0.25, 0.3) is 5.56 Å². The van der Waals surface area contributed by atoms with E-state index in [9.17, 15) is 9.59 Å². The zero-order valence-electron chi connectivity index (χ0n) is 17.6. The molecule has 1 fully saturated rings. The summed E-state index contributed by atoms with van der Waals surface area (Å²) in [5, 5.41) is 5.75. The lowest BCUT2D eigenvalue weighted by Crippen LogP contribution is -2.27. The third kappa shape index (κ3) is 4.02. The molecule has 0 unspecified atom stereocenters. The standard InChI is InChI=1S/C23H23N3O4S2/c1-3-8-26-22(28)19-16(14-4-5-14)12-31-21(19)25-23(26)32-13(2)20(27)24-15-6-7-17-18(11-15)30-10-9-29-17/h3,6-7,11-14H,1,4-5,8-10H2,2H3,(H,24,27)/t13-/m0/s1. The number of hydrogen-bond acceptors (Lipinski definition) is 7. The highest BCUT2D eigenvalue weighted by atomic mass is 32.2. The van der Waals surface area contributed by atoms with Gasteiger partial charge in [-0.25, -0.2) is 4.98 Å². The smallest absolute Gasteiger partial charge is 0.263 e. The minimum absolute atomic E-state index is 0.0556. The minimum Gasteiger partial charge on any atom is -0.486 e. The first-order valence-electron chi connectivity index (χ1n) is 10.5. The molecule has 0 radical (unpaired) electrons. The van der Waals surface area contributed by atoms with Gasteiger partial charge in [0.05, 0.1) is 10.6 Å². The zero-order valence-corrected chi connectivity index (χ0v) is 19.3. The van der Waals surface area contributed by atoms with Crippen LogP contribution >= 0.6 is 23.1 Å². The van der Waals surface area contributed by atoms with Crippen LogP contribution in [0.3, 0.4) is 0 Å². The van der Waals surface area contributed by atoms with Gasteiger partial charge in [0.15, 0.2) is 16.7 Å². The monoisotopic (exact) mass is 469 g/mol. The largest absolute Gasteiger partial charge is 0.486 e. The van der Waals surface area contributed by atoms with Gasteiger partial charge in [0.1, 0.15) is 18.0 Å².